The van der Waals surface area contributed by atoms with Gasteiger partial charge < -0.3 is 4.74 Å². The van der Waals surface area contributed by atoms with Gasteiger partial charge in [-0.2, -0.15) is 0 Å². The molecule has 0 saturated carbocycles. The van der Waals surface area contributed by atoms with Gasteiger partial charge in [0.25, 0.3) is 11.8 Å². The van der Waals surface area contributed by atoms with E-state index in [9.17, 15) is 14.4 Å². The van der Waals surface area contributed by atoms with Gasteiger partial charge in [-0.05, 0) is 74.2 Å². The Bertz CT molecular complexity index is 1410. The van der Waals surface area contributed by atoms with Crippen LogP contribution in [0.4, 0.5) is 5.69 Å². The van der Waals surface area contributed by atoms with Crippen molar-refractivity contribution in [1.29, 1.82) is 0 Å². The van der Waals surface area contributed by atoms with Crippen LogP contribution in [0, 0.1) is 13.8 Å². The number of carbonyl (C=O) groups is 3. The van der Waals surface area contributed by atoms with E-state index in [0.717, 1.165) is 16.7 Å². The lowest BCUT2D eigenvalue weighted by Gasteiger charge is -2.30. The predicted molar refractivity (Wildman–Crippen MR) is 145 cm³/mol. The molecule has 5 heteroatoms. The largest absolute Gasteiger partial charge is 0.426 e. The number of anilines is 1. The minimum Gasteiger partial charge on any atom is -0.426 e. The van der Waals surface area contributed by atoms with Crippen molar-refractivity contribution >= 4 is 23.5 Å². The van der Waals surface area contributed by atoms with Crippen LogP contribution in [-0.4, -0.2) is 17.8 Å². The van der Waals surface area contributed by atoms with Crippen LogP contribution in [0.2, 0.25) is 0 Å². The van der Waals surface area contributed by atoms with Crippen molar-refractivity contribution in [1.82, 2.24) is 0 Å². The number of ether oxygens (including phenoxy) is 1. The number of benzene rings is 3. The molecule has 0 atom stereocenters. The molecular weight excluding hydrogens is 462 g/mol. The SMILES string of the molecule is CC1=C2CC=CC=C2C(=O)N(c2ccc(CC(=O)Oc3cccc(C)c3)cc2)C1=O.Cc1ccccc1. The average molecular weight is 492 g/mol. The van der Waals surface area contributed by atoms with E-state index in [1.54, 1.807) is 49.4 Å². The molecule has 1 aliphatic carbocycles. The molecule has 5 nitrogen and oxygen atoms in total. The first-order chi connectivity index (χ1) is 17.8. The Balaban J connectivity index is 0.000000396. The fourth-order valence-electron chi connectivity index (χ4n) is 4.17. The summed E-state index contributed by atoms with van der Waals surface area (Å²) in [6.45, 7) is 5.76. The Labute approximate surface area is 217 Å². The first-order valence-electron chi connectivity index (χ1n) is 12.2. The van der Waals surface area contributed by atoms with E-state index < -0.39 is 0 Å². The monoisotopic (exact) mass is 491 g/mol. The molecule has 37 heavy (non-hydrogen) atoms. The smallest absolute Gasteiger partial charge is 0.315 e. The van der Waals surface area contributed by atoms with Crippen LogP contribution < -0.4 is 9.64 Å². The van der Waals surface area contributed by atoms with E-state index in [0.29, 0.717) is 29.0 Å². The number of aryl methyl sites for hydroxylation is 2. The second-order valence-corrected chi connectivity index (χ2v) is 9.05. The summed E-state index contributed by atoms with van der Waals surface area (Å²) >= 11 is 0. The molecule has 0 aromatic heterocycles. The number of fused-ring (bicyclic) bond motifs is 1. The van der Waals surface area contributed by atoms with Gasteiger partial charge in [0, 0.05) is 11.1 Å². The van der Waals surface area contributed by atoms with Crippen molar-refractivity contribution in [3.8, 4) is 5.75 Å². The highest BCUT2D eigenvalue weighted by atomic mass is 16.5. The number of imide groups is 1. The minimum absolute atomic E-state index is 0.0924. The van der Waals surface area contributed by atoms with Crippen LogP contribution in [0.25, 0.3) is 0 Å². The summed E-state index contributed by atoms with van der Waals surface area (Å²) in [5.74, 6) is -0.499. The second kappa shape index (κ2) is 11.5. The molecule has 0 N–H and O–H groups in total. The Morgan fingerprint density at radius 3 is 2.19 bits per heavy atom. The lowest BCUT2D eigenvalue weighted by Crippen LogP contribution is -2.43. The molecule has 3 aromatic carbocycles. The first-order valence-corrected chi connectivity index (χ1v) is 12.2. The molecule has 186 valence electrons. The number of carbonyl (C=O) groups excluding carboxylic acids is 3. The molecule has 0 bridgehead atoms. The number of hydrogen-bond donors (Lipinski definition) is 0. The highest BCUT2D eigenvalue weighted by Gasteiger charge is 2.35. The maximum absolute atomic E-state index is 12.9. The second-order valence-electron chi connectivity index (χ2n) is 9.05. The average Bonchev–Trinajstić information content (AvgIpc) is 2.89. The fraction of sp³-hybridized carbons (Fsp3) is 0.156. The summed E-state index contributed by atoms with van der Waals surface area (Å²) in [5, 5.41) is 0. The Hall–Kier alpha value is -4.51. The number of hydrogen-bond acceptors (Lipinski definition) is 4. The summed E-state index contributed by atoms with van der Waals surface area (Å²) in [6, 6.07) is 24.4. The summed E-state index contributed by atoms with van der Waals surface area (Å²) < 4.78 is 5.38. The quantitative estimate of drug-likeness (QED) is 0.247. The molecule has 3 aromatic rings. The lowest BCUT2D eigenvalue weighted by molar-refractivity contribution is -0.133. The van der Waals surface area contributed by atoms with E-state index in [2.05, 4.69) is 19.1 Å². The summed E-state index contributed by atoms with van der Waals surface area (Å²) in [6.07, 6.45) is 6.20. The number of amides is 2. The van der Waals surface area contributed by atoms with E-state index in [1.807, 2.05) is 49.4 Å². The van der Waals surface area contributed by atoms with E-state index in [-0.39, 0.29) is 24.2 Å². The molecule has 2 aliphatic rings. The predicted octanol–water partition coefficient (Wildman–Crippen LogP) is 6.21. The van der Waals surface area contributed by atoms with Crippen LogP contribution in [0.5, 0.6) is 5.75 Å². The van der Waals surface area contributed by atoms with Crippen molar-refractivity contribution in [3.63, 3.8) is 0 Å². The lowest BCUT2D eigenvalue weighted by atomic mass is 9.88. The fourth-order valence-corrected chi connectivity index (χ4v) is 4.17. The van der Waals surface area contributed by atoms with Crippen molar-refractivity contribution in [3.05, 3.63) is 131 Å². The van der Waals surface area contributed by atoms with E-state index in [4.69, 9.17) is 4.74 Å². The van der Waals surface area contributed by atoms with E-state index in [1.165, 1.54) is 10.5 Å². The van der Waals surface area contributed by atoms with Crippen molar-refractivity contribution < 1.29 is 19.1 Å². The van der Waals surface area contributed by atoms with Gasteiger partial charge in [0.15, 0.2) is 0 Å². The normalized spacial score (nSPS) is 14.5. The maximum Gasteiger partial charge on any atom is 0.315 e. The summed E-state index contributed by atoms with van der Waals surface area (Å²) in [4.78, 5) is 39.1. The highest BCUT2D eigenvalue weighted by Crippen LogP contribution is 2.33. The standard InChI is InChI=1S/C25H21NO4.C7H8/c1-16-6-5-7-20(14-16)30-23(27)15-18-10-12-19(13-11-18)26-24(28)17(2)21-8-3-4-9-22(21)25(26)29;1-7-5-3-2-4-6-7/h3-7,9-14H,8,15H2,1-2H3;2-6H,1H3. The topological polar surface area (TPSA) is 63.7 Å². The molecule has 0 spiro atoms. The van der Waals surface area contributed by atoms with E-state index >= 15 is 0 Å². The van der Waals surface area contributed by atoms with Crippen molar-refractivity contribution in [2.75, 3.05) is 4.90 Å². The van der Waals surface area contributed by atoms with Crippen LogP contribution in [0.15, 0.2) is 114 Å². The van der Waals surface area contributed by atoms with Gasteiger partial charge in [0.1, 0.15) is 5.75 Å². The number of rotatable bonds is 4. The zero-order valence-corrected chi connectivity index (χ0v) is 21.2. The Morgan fingerprint density at radius 1 is 0.838 bits per heavy atom. The third-order valence-electron chi connectivity index (χ3n) is 6.16. The molecule has 0 fully saturated rings. The van der Waals surface area contributed by atoms with Gasteiger partial charge in [0.2, 0.25) is 0 Å². The van der Waals surface area contributed by atoms with Crippen LogP contribution >= 0.6 is 0 Å². The van der Waals surface area contributed by atoms with Gasteiger partial charge in [-0.1, -0.05) is 72.3 Å². The van der Waals surface area contributed by atoms with Crippen molar-refractivity contribution in [2.24, 2.45) is 0 Å². The van der Waals surface area contributed by atoms with Crippen LogP contribution in [0.1, 0.15) is 30.0 Å². The Morgan fingerprint density at radius 2 is 1.54 bits per heavy atom. The first kappa shape index (κ1) is 25.6. The summed E-state index contributed by atoms with van der Waals surface area (Å²) in [7, 11) is 0. The van der Waals surface area contributed by atoms with Crippen LogP contribution in [0.3, 0.4) is 0 Å². The molecule has 0 saturated heterocycles. The molecule has 1 heterocycles. The van der Waals surface area contributed by atoms with Gasteiger partial charge in [-0.3, -0.25) is 14.4 Å². The third-order valence-corrected chi connectivity index (χ3v) is 6.16. The van der Waals surface area contributed by atoms with Gasteiger partial charge in [-0.25, -0.2) is 4.90 Å². The van der Waals surface area contributed by atoms with Crippen molar-refractivity contribution in [2.45, 2.75) is 33.6 Å². The minimum atomic E-state index is -0.374. The molecule has 1 aliphatic heterocycles. The molecule has 2 amide bonds. The zero-order valence-electron chi connectivity index (χ0n) is 21.2. The zero-order chi connectivity index (χ0) is 26.4. The molecule has 0 unspecified atom stereocenters. The van der Waals surface area contributed by atoms with Gasteiger partial charge >= 0.3 is 5.97 Å². The number of allylic oxidation sites excluding steroid dienone is 3. The number of nitrogens with zero attached hydrogens (tertiary/aromatic N) is 1. The Kier molecular flexibility index (Phi) is 7.94. The summed E-state index contributed by atoms with van der Waals surface area (Å²) in [5.41, 5.74) is 5.48. The third kappa shape index (κ3) is 6.19. The molecule has 0 radical (unpaired) electrons. The molecular formula is C32H29NO4. The highest BCUT2D eigenvalue weighted by molar-refractivity contribution is 6.30. The van der Waals surface area contributed by atoms with Crippen LogP contribution in [-0.2, 0) is 20.8 Å². The number of esters is 1. The van der Waals surface area contributed by atoms with Gasteiger partial charge in [0.05, 0.1) is 12.1 Å². The maximum atomic E-state index is 12.9. The molecule has 5 rings (SSSR count). The van der Waals surface area contributed by atoms with Gasteiger partial charge in [-0.15, -0.1) is 0 Å².